The summed E-state index contributed by atoms with van der Waals surface area (Å²) in [5, 5.41) is 10.7. The molecule has 1 saturated heterocycles. The Morgan fingerprint density at radius 2 is 1.74 bits per heavy atom. The minimum Gasteiger partial charge on any atom is -0.464 e. The molecule has 8 heteroatoms. The van der Waals surface area contributed by atoms with Crippen molar-refractivity contribution in [1.29, 1.82) is 5.26 Å². The Bertz CT molecular complexity index is 1200. The maximum Gasteiger partial charge on any atom is 0.329 e. The first-order chi connectivity index (χ1) is 17.1. The summed E-state index contributed by atoms with van der Waals surface area (Å²) < 4.78 is 5.47. The van der Waals surface area contributed by atoms with Crippen molar-refractivity contribution in [2.45, 2.75) is 38.5 Å². The van der Waals surface area contributed by atoms with Gasteiger partial charge in [0.15, 0.2) is 11.7 Å². The van der Waals surface area contributed by atoms with Crippen LogP contribution in [0.3, 0.4) is 0 Å². The Morgan fingerprint density at radius 1 is 1.03 bits per heavy atom. The standard InChI is InChI=1S/C27H30ClN5O2/c1-2-3-4-7-17-35-27(34)22(19-29)25-26(31-24-12-6-5-11-23(24)30-25)33-15-13-32(14-16-33)21-10-8-9-20(28)18-21/h5-6,8-12,18,22H,2-4,7,13-17H2,1H3/t22-/m0/s1. The Morgan fingerprint density at radius 3 is 2.43 bits per heavy atom. The van der Waals surface area contributed by atoms with Crippen molar-refractivity contribution in [2.75, 3.05) is 42.6 Å². The summed E-state index contributed by atoms with van der Waals surface area (Å²) in [5.74, 6) is -1.12. The van der Waals surface area contributed by atoms with Crippen molar-refractivity contribution >= 4 is 40.1 Å². The van der Waals surface area contributed by atoms with Crippen molar-refractivity contribution < 1.29 is 9.53 Å². The molecule has 0 saturated carbocycles. The summed E-state index contributed by atoms with van der Waals surface area (Å²) in [6, 6.07) is 17.5. The van der Waals surface area contributed by atoms with Crippen LogP contribution in [-0.2, 0) is 9.53 Å². The van der Waals surface area contributed by atoms with Gasteiger partial charge < -0.3 is 14.5 Å². The van der Waals surface area contributed by atoms with Gasteiger partial charge in [-0.05, 0) is 36.8 Å². The Balaban J connectivity index is 1.56. The zero-order chi connectivity index (χ0) is 24.6. The van der Waals surface area contributed by atoms with Gasteiger partial charge in [0.25, 0.3) is 0 Å². The number of halogens is 1. The van der Waals surface area contributed by atoms with Crippen molar-refractivity contribution in [1.82, 2.24) is 9.97 Å². The SMILES string of the molecule is CCCCCCOC(=O)[C@@H](C#N)c1nc2ccccc2nc1N1CCN(c2cccc(Cl)c2)CC1. The van der Waals surface area contributed by atoms with Crippen LogP contribution in [0.25, 0.3) is 11.0 Å². The number of unbranched alkanes of at least 4 members (excludes halogenated alkanes) is 3. The molecule has 2 heterocycles. The summed E-state index contributed by atoms with van der Waals surface area (Å²) in [4.78, 5) is 26.8. The molecule has 0 spiro atoms. The first kappa shape index (κ1) is 24.7. The van der Waals surface area contributed by atoms with E-state index in [4.69, 9.17) is 26.3 Å². The fraction of sp³-hybridized carbons (Fsp3) is 0.407. The van der Waals surface area contributed by atoms with Crippen molar-refractivity contribution in [3.63, 3.8) is 0 Å². The predicted octanol–water partition coefficient (Wildman–Crippen LogP) is 5.34. The zero-order valence-electron chi connectivity index (χ0n) is 20.0. The number of carbonyl (C=O) groups is 1. The molecule has 0 radical (unpaired) electrons. The number of carbonyl (C=O) groups excluding carboxylic acids is 1. The quantitative estimate of drug-likeness (QED) is 0.295. The average Bonchev–Trinajstić information content (AvgIpc) is 2.89. The summed E-state index contributed by atoms with van der Waals surface area (Å²) in [5.41, 5.74) is 2.82. The number of fused-ring (bicyclic) bond motifs is 1. The first-order valence-corrected chi connectivity index (χ1v) is 12.6. The number of piperazine rings is 1. The number of hydrogen-bond acceptors (Lipinski definition) is 7. The maximum absolute atomic E-state index is 12.9. The van der Waals surface area contributed by atoms with E-state index >= 15 is 0 Å². The number of ether oxygens (including phenoxy) is 1. The number of para-hydroxylation sites is 2. The normalized spacial score (nSPS) is 14.5. The molecule has 0 N–H and O–H groups in total. The van der Waals surface area contributed by atoms with E-state index in [0.29, 0.717) is 41.7 Å². The number of hydrogen-bond donors (Lipinski definition) is 0. The van der Waals surface area contributed by atoms with Crippen LogP contribution in [-0.4, -0.2) is 48.7 Å². The summed E-state index contributed by atoms with van der Waals surface area (Å²) in [6.45, 7) is 5.31. The largest absolute Gasteiger partial charge is 0.464 e. The number of esters is 1. The van der Waals surface area contributed by atoms with Crippen LogP contribution < -0.4 is 9.80 Å². The minimum atomic E-state index is -1.13. The van der Waals surface area contributed by atoms with E-state index in [1.807, 2.05) is 48.5 Å². The molecule has 0 bridgehead atoms. The van der Waals surface area contributed by atoms with E-state index < -0.39 is 11.9 Å². The molecule has 35 heavy (non-hydrogen) atoms. The van der Waals surface area contributed by atoms with Gasteiger partial charge >= 0.3 is 5.97 Å². The second kappa shape index (κ2) is 11.9. The molecule has 0 aliphatic carbocycles. The average molecular weight is 492 g/mol. The second-order valence-electron chi connectivity index (χ2n) is 8.67. The summed E-state index contributed by atoms with van der Waals surface area (Å²) in [6.07, 6.45) is 3.99. The number of benzene rings is 2. The Hall–Kier alpha value is -3.37. The summed E-state index contributed by atoms with van der Waals surface area (Å²) >= 11 is 6.18. The highest BCUT2D eigenvalue weighted by atomic mass is 35.5. The van der Waals surface area contributed by atoms with Crippen LogP contribution >= 0.6 is 11.6 Å². The van der Waals surface area contributed by atoms with Gasteiger partial charge in [0, 0.05) is 36.9 Å². The first-order valence-electron chi connectivity index (χ1n) is 12.2. The molecule has 1 aliphatic rings. The lowest BCUT2D eigenvalue weighted by Gasteiger charge is -2.37. The molecule has 4 rings (SSSR count). The molecule has 3 aromatic rings. The van der Waals surface area contributed by atoms with E-state index in [1.165, 1.54) is 0 Å². The fourth-order valence-corrected chi connectivity index (χ4v) is 4.47. The van der Waals surface area contributed by atoms with Crippen LogP contribution in [0.15, 0.2) is 48.5 Å². The highest BCUT2D eigenvalue weighted by molar-refractivity contribution is 6.30. The van der Waals surface area contributed by atoms with Gasteiger partial charge in [0.2, 0.25) is 0 Å². The number of nitriles is 1. The lowest BCUT2D eigenvalue weighted by molar-refractivity contribution is -0.144. The topological polar surface area (TPSA) is 82.3 Å². The molecule has 0 unspecified atom stereocenters. The zero-order valence-corrected chi connectivity index (χ0v) is 20.7. The molecule has 1 aromatic heterocycles. The Labute approximate surface area is 211 Å². The van der Waals surface area contributed by atoms with Crippen molar-refractivity contribution in [3.05, 3.63) is 59.2 Å². The summed E-state index contributed by atoms with van der Waals surface area (Å²) in [7, 11) is 0. The van der Waals surface area contributed by atoms with Gasteiger partial charge in [-0.3, -0.25) is 4.79 Å². The number of rotatable bonds is 9. The highest BCUT2D eigenvalue weighted by Gasteiger charge is 2.31. The molecular formula is C27H30ClN5O2. The highest BCUT2D eigenvalue weighted by Crippen LogP contribution is 2.30. The van der Waals surface area contributed by atoms with Crippen LogP contribution in [0.5, 0.6) is 0 Å². The van der Waals surface area contributed by atoms with Crippen LogP contribution in [0.2, 0.25) is 5.02 Å². The molecule has 1 aliphatic heterocycles. The van der Waals surface area contributed by atoms with Crippen molar-refractivity contribution in [2.24, 2.45) is 0 Å². The van der Waals surface area contributed by atoms with Gasteiger partial charge in [-0.25, -0.2) is 9.97 Å². The van der Waals surface area contributed by atoms with Crippen LogP contribution in [0.1, 0.15) is 44.2 Å². The fourth-order valence-electron chi connectivity index (χ4n) is 4.29. The van der Waals surface area contributed by atoms with E-state index in [9.17, 15) is 10.1 Å². The molecule has 1 fully saturated rings. The van der Waals surface area contributed by atoms with Crippen LogP contribution in [0, 0.1) is 11.3 Å². The molecule has 0 amide bonds. The third kappa shape index (κ3) is 6.01. The van der Waals surface area contributed by atoms with Crippen molar-refractivity contribution in [3.8, 4) is 6.07 Å². The smallest absolute Gasteiger partial charge is 0.329 e. The lowest BCUT2D eigenvalue weighted by Crippen LogP contribution is -2.47. The molecule has 7 nitrogen and oxygen atoms in total. The Kier molecular flexibility index (Phi) is 8.38. The van der Waals surface area contributed by atoms with Gasteiger partial charge in [-0.2, -0.15) is 5.26 Å². The number of aromatic nitrogens is 2. The van der Waals surface area contributed by atoms with Gasteiger partial charge in [-0.1, -0.05) is 56.0 Å². The van der Waals surface area contributed by atoms with Crippen LogP contribution in [0.4, 0.5) is 11.5 Å². The minimum absolute atomic E-state index is 0.311. The number of nitrogens with zero attached hydrogens (tertiary/aromatic N) is 5. The second-order valence-corrected chi connectivity index (χ2v) is 9.10. The van der Waals surface area contributed by atoms with Gasteiger partial charge in [0.05, 0.1) is 23.7 Å². The van der Waals surface area contributed by atoms with E-state index in [-0.39, 0.29) is 0 Å². The van der Waals surface area contributed by atoms with Gasteiger partial charge in [0.1, 0.15) is 5.69 Å². The van der Waals surface area contributed by atoms with Gasteiger partial charge in [-0.15, -0.1) is 0 Å². The lowest BCUT2D eigenvalue weighted by atomic mass is 10.1. The third-order valence-electron chi connectivity index (χ3n) is 6.21. The van der Waals surface area contributed by atoms with E-state index in [2.05, 4.69) is 22.8 Å². The molecule has 182 valence electrons. The molecular weight excluding hydrogens is 462 g/mol. The maximum atomic E-state index is 12.9. The van der Waals surface area contributed by atoms with E-state index in [1.54, 1.807) is 0 Å². The third-order valence-corrected chi connectivity index (χ3v) is 6.45. The van der Waals surface area contributed by atoms with E-state index in [0.717, 1.165) is 50.0 Å². The predicted molar refractivity (Wildman–Crippen MR) is 139 cm³/mol. The molecule has 1 atom stereocenters. The molecule has 2 aromatic carbocycles. The monoisotopic (exact) mass is 491 g/mol. The number of anilines is 2.